The van der Waals surface area contributed by atoms with E-state index in [1.165, 1.54) is 6.07 Å². The van der Waals surface area contributed by atoms with Gasteiger partial charge in [0.25, 0.3) is 0 Å². The normalized spacial score (nSPS) is 15.1. The molecule has 176 valence electrons. The van der Waals surface area contributed by atoms with Crippen molar-refractivity contribution >= 4 is 11.5 Å². The van der Waals surface area contributed by atoms with Crippen LogP contribution in [0.5, 0.6) is 5.75 Å². The van der Waals surface area contributed by atoms with Crippen molar-refractivity contribution in [2.75, 3.05) is 31.1 Å². The number of aliphatic hydroxyl groups excluding tert-OH is 1. The summed E-state index contributed by atoms with van der Waals surface area (Å²) in [5.74, 6) is 0.831. The lowest BCUT2D eigenvalue weighted by atomic mass is 10.0. The average Bonchev–Trinajstić information content (AvgIpc) is 3.19. The molecule has 0 amide bonds. The number of nitrogens with zero attached hydrogens (tertiary/aromatic N) is 5. The van der Waals surface area contributed by atoms with Crippen molar-refractivity contribution in [1.82, 2.24) is 24.7 Å². The highest BCUT2D eigenvalue weighted by atomic mass is 19.3. The first-order valence-corrected chi connectivity index (χ1v) is 11.0. The smallest absolute Gasteiger partial charge is 0.387 e. The molecule has 0 radical (unpaired) electrons. The van der Waals surface area contributed by atoms with Gasteiger partial charge in [-0.05, 0) is 25.1 Å². The highest BCUT2D eigenvalue weighted by Crippen LogP contribution is 2.33. The van der Waals surface area contributed by atoms with Crippen molar-refractivity contribution in [3.63, 3.8) is 0 Å². The number of aliphatic hydroxyl groups is 1. The second-order valence-corrected chi connectivity index (χ2v) is 8.04. The van der Waals surface area contributed by atoms with Gasteiger partial charge >= 0.3 is 6.61 Å². The summed E-state index contributed by atoms with van der Waals surface area (Å²) in [4.78, 5) is 15.8. The molecule has 1 saturated heterocycles. The quantitative estimate of drug-likeness (QED) is 0.451. The second-order valence-electron chi connectivity index (χ2n) is 8.04. The average molecular weight is 466 g/mol. The number of ether oxygens (including phenoxy) is 1. The molecule has 2 N–H and O–H groups in total. The van der Waals surface area contributed by atoms with Crippen LogP contribution in [-0.4, -0.2) is 57.2 Å². The zero-order valence-electron chi connectivity index (χ0n) is 18.5. The molecule has 1 atom stereocenters. The van der Waals surface area contributed by atoms with Gasteiger partial charge in [0.05, 0.1) is 23.3 Å². The van der Waals surface area contributed by atoms with Gasteiger partial charge in [-0.3, -0.25) is 9.38 Å². The summed E-state index contributed by atoms with van der Waals surface area (Å²) in [5.41, 5.74) is 3.24. The number of halogens is 2. The largest absolute Gasteiger partial charge is 0.434 e. The Morgan fingerprint density at radius 1 is 1.06 bits per heavy atom. The molecule has 1 aliphatic rings. The minimum atomic E-state index is -3.00. The van der Waals surface area contributed by atoms with Crippen molar-refractivity contribution in [2.45, 2.75) is 19.6 Å². The van der Waals surface area contributed by atoms with Crippen molar-refractivity contribution in [2.24, 2.45) is 0 Å². The number of para-hydroxylation sites is 1. The van der Waals surface area contributed by atoms with Crippen LogP contribution in [0.15, 0.2) is 55.0 Å². The lowest BCUT2D eigenvalue weighted by Gasteiger charge is -2.28. The Labute approximate surface area is 194 Å². The maximum Gasteiger partial charge on any atom is 0.387 e. The van der Waals surface area contributed by atoms with Gasteiger partial charge in [0, 0.05) is 49.7 Å². The summed E-state index contributed by atoms with van der Waals surface area (Å²) in [6.45, 7) is 2.43. The van der Waals surface area contributed by atoms with E-state index in [0.717, 1.165) is 37.6 Å². The molecule has 0 bridgehead atoms. The molecule has 1 aliphatic heterocycles. The standard InChI is InChI=1S/C24H24F2N6O2/c1-15-22(23(33)17-4-2-3-5-19(17)34-24(25)26)32-14-18(28-13-21(32)30-15)16-6-7-20(29-12-16)31-10-8-27-9-11-31/h2-7,12-14,23-24,27,33H,8-11H2,1H3. The molecule has 0 aliphatic carbocycles. The zero-order chi connectivity index (χ0) is 23.7. The molecule has 0 spiro atoms. The molecule has 1 unspecified atom stereocenters. The number of pyridine rings is 1. The molecule has 3 aromatic heterocycles. The van der Waals surface area contributed by atoms with Crippen LogP contribution in [0.3, 0.4) is 0 Å². The molecular weight excluding hydrogens is 442 g/mol. The Balaban J connectivity index is 1.50. The Morgan fingerprint density at radius 2 is 1.85 bits per heavy atom. The summed E-state index contributed by atoms with van der Waals surface area (Å²) in [7, 11) is 0. The van der Waals surface area contributed by atoms with Crippen molar-refractivity contribution in [3.05, 3.63) is 71.9 Å². The minimum Gasteiger partial charge on any atom is -0.434 e. The third-order valence-corrected chi connectivity index (χ3v) is 5.90. The van der Waals surface area contributed by atoms with Crippen LogP contribution in [0.4, 0.5) is 14.6 Å². The Kier molecular flexibility index (Phi) is 6.08. The van der Waals surface area contributed by atoms with Crippen LogP contribution in [0, 0.1) is 6.92 Å². The third-order valence-electron chi connectivity index (χ3n) is 5.90. The van der Waals surface area contributed by atoms with Crippen LogP contribution in [0.2, 0.25) is 0 Å². The first kappa shape index (κ1) is 22.2. The Morgan fingerprint density at radius 3 is 2.59 bits per heavy atom. The summed E-state index contributed by atoms with van der Waals surface area (Å²) < 4.78 is 32.1. The van der Waals surface area contributed by atoms with Gasteiger partial charge in [0.15, 0.2) is 5.65 Å². The van der Waals surface area contributed by atoms with Gasteiger partial charge < -0.3 is 20.1 Å². The van der Waals surface area contributed by atoms with Crippen molar-refractivity contribution < 1.29 is 18.6 Å². The molecule has 8 nitrogen and oxygen atoms in total. The number of aromatic nitrogens is 4. The van der Waals surface area contributed by atoms with Gasteiger partial charge in [-0.15, -0.1) is 0 Å². The van der Waals surface area contributed by atoms with Crippen molar-refractivity contribution in [3.8, 4) is 17.0 Å². The lowest BCUT2D eigenvalue weighted by molar-refractivity contribution is -0.0513. The SMILES string of the molecule is Cc1nc2cnc(-c3ccc(N4CCNCC4)nc3)cn2c1C(O)c1ccccc1OC(F)F. The number of piperazine rings is 1. The molecule has 5 rings (SSSR count). The zero-order valence-corrected chi connectivity index (χ0v) is 18.5. The predicted octanol–water partition coefficient (Wildman–Crippen LogP) is 3.19. The third kappa shape index (κ3) is 4.29. The molecule has 10 heteroatoms. The summed E-state index contributed by atoms with van der Waals surface area (Å²) >= 11 is 0. The maximum atomic E-state index is 12.9. The fourth-order valence-corrected chi connectivity index (χ4v) is 4.24. The highest BCUT2D eigenvalue weighted by Gasteiger charge is 2.24. The van der Waals surface area contributed by atoms with Gasteiger partial charge in [-0.2, -0.15) is 8.78 Å². The van der Waals surface area contributed by atoms with E-state index in [-0.39, 0.29) is 11.3 Å². The number of rotatable bonds is 6. The van der Waals surface area contributed by atoms with Crippen LogP contribution >= 0.6 is 0 Å². The van der Waals surface area contributed by atoms with E-state index in [1.807, 2.05) is 12.1 Å². The molecule has 0 saturated carbocycles. The molecule has 4 aromatic rings. The number of nitrogens with one attached hydrogen (secondary N) is 1. The van der Waals surface area contributed by atoms with E-state index in [2.05, 4.69) is 29.9 Å². The second kappa shape index (κ2) is 9.32. The fourth-order valence-electron chi connectivity index (χ4n) is 4.24. The highest BCUT2D eigenvalue weighted by molar-refractivity contribution is 5.61. The van der Waals surface area contributed by atoms with Gasteiger partial charge in [0.1, 0.15) is 17.7 Å². The van der Waals surface area contributed by atoms with Crippen LogP contribution in [-0.2, 0) is 0 Å². The van der Waals surface area contributed by atoms with Crippen molar-refractivity contribution in [1.29, 1.82) is 0 Å². The van der Waals surface area contributed by atoms with Gasteiger partial charge in [-0.1, -0.05) is 18.2 Å². The fraction of sp³-hybridized carbons (Fsp3) is 0.292. The number of alkyl halides is 2. The van der Waals surface area contributed by atoms with E-state index in [0.29, 0.717) is 22.7 Å². The number of hydrogen-bond donors (Lipinski definition) is 2. The number of imidazole rings is 1. The molecule has 34 heavy (non-hydrogen) atoms. The van der Waals surface area contributed by atoms with E-state index < -0.39 is 12.7 Å². The first-order chi connectivity index (χ1) is 16.5. The Hall–Kier alpha value is -3.63. The van der Waals surface area contributed by atoms with E-state index >= 15 is 0 Å². The van der Waals surface area contributed by atoms with Crippen LogP contribution in [0.1, 0.15) is 23.1 Å². The number of benzene rings is 1. The monoisotopic (exact) mass is 466 g/mol. The first-order valence-electron chi connectivity index (χ1n) is 11.0. The van der Waals surface area contributed by atoms with E-state index in [4.69, 9.17) is 0 Å². The number of hydrogen-bond acceptors (Lipinski definition) is 7. The summed E-state index contributed by atoms with van der Waals surface area (Å²) in [6.07, 6.45) is 3.93. The number of aryl methyl sites for hydroxylation is 1. The molecule has 4 heterocycles. The Bertz CT molecular complexity index is 1290. The summed E-state index contributed by atoms with van der Waals surface area (Å²) in [5, 5.41) is 14.5. The maximum absolute atomic E-state index is 12.9. The van der Waals surface area contributed by atoms with E-state index in [9.17, 15) is 13.9 Å². The van der Waals surface area contributed by atoms with Crippen LogP contribution in [0.25, 0.3) is 16.9 Å². The predicted molar refractivity (Wildman–Crippen MR) is 123 cm³/mol. The lowest BCUT2D eigenvalue weighted by Crippen LogP contribution is -2.43. The molecular formula is C24H24F2N6O2. The summed E-state index contributed by atoms with van der Waals surface area (Å²) in [6, 6.07) is 10.1. The number of fused-ring (bicyclic) bond motifs is 1. The molecule has 1 fully saturated rings. The molecule has 1 aromatic carbocycles. The topological polar surface area (TPSA) is 87.8 Å². The van der Waals surface area contributed by atoms with E-state index in [1.54, 1.807) is 48.1 Å². The minimum absolute atomic E-state index is 0.0821. The van der Waals surface area contributed by atoms with Crippen LogP contribution < -0.4 is 15.0 Å². The van der Waals surface area contributed by atoms with Gasteiger partial charge in [-0.25, -0.2) is 9.97 Å². The number of anilines is 1. The van der Waals surface area contributed by atoms with Gasteiger partial charge in [0.2, 0.25) is 0 Å².